The Labute approximate surface area is 297 Å². The number of nitrogens with two attached hydrogens (primary N) is 3. The first-order valence-electron chi connectivity index (χ1n) is 16.8. The van der Waals surface area contributed by atoms with E-state index in [9.17, 15) is 24.3 Å². The summed E-state index contributed by atoms with van der Waals surface area (Å²) < 4.78 is 11.7. The number of hydrogen-bond donors (Lipinski definition) is 6. The number of phenols is 1. The van der Waals surface area contributed by atoms with Gasteiger partial charge in [0.05, 0.1) is 19.3 Å². The highest BCUT2D eigenvalue weighted by Gasteiger charge is 2.30. The smallest absolute Gasteiger partial charge is 0.243 e. The van der Waals surface area contributed by atoms with Gasteiger partial charge < -0.3 is 37.1 Å². The zero-order valence-corrected chi connectivity index (χ0v) is 28.7. The molecule has 13 nitrogen and oxygen atoms in total. The lowest BCUT2D eigenvalue weighted by atomic mass is 10.0. The number of nitrogens with one attached hydrogen (secondary N) is 2. The van der Waals surface area contributed by atoms with Crippen LogP contribution in [0, 0.1) is 0 Å². The predicted molar refractivity (Wildman–Crippen MR) is 192 cm³/mol. The van der Waals surface area contributed by atoms with Crippen molar-refractivity contribution in [3.63, 3.8) is 0 Å². The van der Waals surface area contributed by atoms with Crippen LogP contribution in [0.3, 0.4) is 0 Å². The van der Waals surface area contributed by atoms with Crippen LogP contribution < -0.4 is 32.6 Å². The van der Waals surface area contributed by atoms with Crippen molar-refractivity contribution in [2.24, 2.45) is 17.2 Å². The van der Waals surface area contributed by atoms with Crippen LogP contribution in [0.25, 0.3) is 5.70 Å². The van der Waals surface area contributed by atoms with Gasteiger partial charge in [0.25, 0.3) is 0 Å². The van der Waals surface area contributed by atoms with Crippen LogP contribution in [-0.4, -0.2) is 60.3 Å². The van der Waals surface area contributed by atoms with Crippen LogP contribution in [-0.2, 0) is 38.6 Å². The number of nitrogens with zero attached hydrogens (tertiary/aromatic N) is 1. The lowest BCUT2D eigenvalue weighted by molar-refractivity contribution is -0.137. The molecule has 4 rings (SSSR count). The number of benzene rings is 3. The number of aldehydes is 1. The topological polar surface area (TPSA) is 212 Å². The van der Waals surface area contributed by atoms with Gasteiger partial charge in [0.15, 0.2) is 5.76 Å². The van der Waals surface area contributed by atoms with Crippen molar-refractivity contribution in [3.05, 3.63) is 112 Å². The van der Waals surface area contributed by atoms with E-state index in [4.69, 9.17) is 26.7 Å². The Morgan fingerprint density at radius 2 is 1.76 bits per heavy atom. The van der Waals surface area contributed by atoms with Gasteiger partial charge in [-0.05, 0) is 73.3 Å². The molecule has 1 aliphatic rings. The summed E-state index contributed by atoms with van der Waals surface area (Å²) in [5.41, 5.74) is 21.6. The van der Waals surface area contributed by atoms with Gasteiger partial charge in [-0.2, -0.15) is 0 Å². The number of phenolic OH excluding ortho intramolecular Hbond substituents is 1. The third-order valence-corrected chi connectivity index (χ3v) is 8.42. The first-order valence-corrected chi connectivity index (χ1v) is 16.8. The van der Waals surface area contributed by atoms with Gasteiger partial charge in [0.1, 0.15) is 23.6 Å². The minimum Gasteiger partial charge on any atom is -0.507 e. The number of amides is 3. The number of para-hydroxylation sites is 1. The molecule has 0 radical (unpaired) electrons. The van der Waals surface area contributed by atoms with E-state index in [-0.39, 0.29) is 47.2 Å². The molecule has 3 aromatic rings. The fraction of sp³-hybridized carbons (Fsp3) is 0.316. The standard InChI is InChI=1S/C38H46N6O7/c1-44(32-15-16-36(48)43-38(32)49)23-28-20-29(14-13-27(28)24-45)50-18-5-4-8-35(47)42-22-26-11-9-25(10-12-26)17-19-51-34(37(40)41)21-31(39)30-6-2-3-7-33(30)46/h2-3,6-7,9-14,20-21,24,32,46H,4-5,8,15-19,22-23,39-41H2,1H3,(H,42,47)(H,43,48,49)/b31-21-. The van der Waals surface area contributed by atoms with Crippen molar-refractivity contribution in [3.8, 4) is 11.5 Å². The minimum absolute atomic E-state index is 0.0278. The monoisotopic (exact) mass is 698 g/mol. The molecule has 270 valence electrons. The molecule has 0 saturated carbocycles. The molecule has 1 saturated heterocycles. The SMILES string of the molecule is CN(Cc1cc(OCCCCC(=O)NCc2ccc(CCOC(/C=C(\N)c3ccccc3O)=C(N)N)cc2)ccc1C=O)C1CCC(=O)NC1=O. The first-order chi connectivity index (χ1) is 24.5. The fourth-order valence-electron chi connectivity index (χ4n) is 5.52. The zero-order valence-electron chi connectivity index (χ0n) is 28.7. The second-order valence-electron chi connectivity index (χ2n) is 12.3. The Kier molecular flexibility index (Phi) is 14.0. The number of likely N-dealkylation sites (N-methyl/N-ethyl adjacent to an activating group) is 1. The molecule has 1 unspecified atom stereocenters. The Morgan fingerprint density at radius 1 is 1.02 bits per heavy atom. The van der Waals surface area contributed by atoms with Gasteiger partial charge >= 0.3 is 0 Å². The summed E-state index contributed by atoms with van der Waals surface area (Å²) in [5, 5.41) is 15.3. The number of carbonyl (C=O) groups is 4. The number of rotatable bonds is 18. The van der Waals surface area contributed by atoms with Crippen molar-refractivity contribution in [2.75, 3.05) is 20.3 Å². The van der Waals surface area contributed by atoms with Gasteiger partial charge in [0.2, 0.25) is 17.7 Å². The number of piperidine rings is 1. The normalized spacial score (nSPS) is 14.5. The van der Waals surface area contributed by atoms with Crippen molar-refractivity contribution in [1.29, 1.82) is 0 Å². The van der Waals surface area contributed by atoms with Gasteiger partial charge in [-0.25, -0.2) is 0 Å². The largest absolute Gasteiger partial charge is 0.507 e. The van der Waals surface area contributed by atoms with E-state index in [1.807, 2.05) is 29.2 Å². The number of hydrogen-bond acceptors (Lipinski definition) is 11. The van der Waals surface area contributed by atoms with Crippen LogP contribution in [0.1, 0.15) is 64.7 Å². The zero-order chi connectivity index (χ0) is 36.8. The van der Waals surface area contributed by atoms with Crippen LogP contribution in [0.5, 0.6) is 11.5 Å². The summed E-state index contributed by atoms with van der Waals surface area (Å²) in [6.07, 6.45) is 5.20. The molecule has 0 aromatic heterocycles. The summed E-state index contributed by atoms with van der Waals surface area (Å²) in [4.78, 5) is 49.6. The number of allylic oxidation sites excluding steroid dienone is 1. The second kappa shape index (κ2) is 18.8. The van der Waals surface area contributed by atoms with Gasteiger partial charge in [-0.15, -0.1) is 0 Å². The van der Waals surface area contributed by atoms with E-state index in [0.29, 0.717) is 75.3 Å². The Balaban J connectivity index is 1.14. The number of carbonyl (C=O) groups excluding carboxylic acids is 4. The first kappa shape index (κ1) is 38.0. The van der Waals surface area contributed by atoms with Crippen LogP contribution in [0.15, 0.2) is 84.4 Å². The molecule has 51 heavy (non-hydrogen) atoms. The van der Waals surface area contributed by atoms with Gasteiger partial charge in [0, 0.05) is 55.3 Å². The molecule has 1 heterocycles. The number of unbranched alkanes of at least 4 members (excludes halogenated alkanes) is 1. The van der Waals surface area contributed by atoms with Crippen LogP contribution in [0.2, 0.25) is 0 Å². The van der Waals surface area contributed by atoms with E-state index in [0.717, 1.165) is 23.0 Å². The van der Waals surface area contributed by atoms with Crippen LogP contribution in [0.4, 0.5) is 0 Å². The van der Waals surface area contributed by atoms with E-state index in [1.165, 1.54) is 12.1 Å². The highest BCUT2D eigenvalue weighted by Crippen LogP contribution is 2.23. The average Bonchev–Trinajstić information content (AvgIpc) is 3.10. The third-order valence-electron chi connectivity index (χ3n) is 8.42. The third kappa shape index (κ3) is 11.6. The van der Waals surface area contributed by atoms with Crippen molar-refractivity contribution in [1.82, 2.24) is 15.5 Å². The maximum atomic E-state index is 12.4. The Hall–Kier alpha value is -5.82. The van der Waals surface area contributed by atoms with Crippen molar-refractivity contribution < 1.29 is 33.8 Å². The molecule has 3 aromatic carbocycles. The molecule has 3 amide bonds. The molecule has 0 bridgehead atoms. The maximum absolute atomic E-state index is 12.4. The quantitative estimate of drug-likeness (QED) is 0.0374. The molecule has 1 aliphatic heterocycles. The predicted octanol–water partition coefficient (Wildman–Crippen LogP) is 2.95. The van der Waals surface area contributed by atoms with E-state index < -0.39 is 6.04 Å². The minimum atomic E-state index is -0.454. The Morgan fingerprint density at radius 3 is 2.47 bits per heavy atom. The lowest BCUT2D eigenvalue weighted by Gasteiger charge is -2.30. The van der Waals surface area contributed by atoms with Crippen LogP contribution >= 0.6 is 0 Å². The van der Waals surface area contributed by atoms with Gasteiger partial charge in [-0.1, -0.05) is 36.4 Å². The highest BCUT2D eigenvalue weighted by atomic mass is 16.5. The fourth-order valence-corrected chi connectivity index (χ4v) is 5.52. The molecule has 0 aliphatic carbocycles. The van der Waals surface area contributed by atoms with E-state index >= 15 is 0 Å². The summed E-state index contributed by atoms with van der Waals surface area (Å²) in [6, 6.07) is 19.2. The lowest BCUT2D eigenvalue weighted by Crippen LogP contribution is -2.51. The molecular weight excluding hydrogens is 652 g/mol. The van der Waals surface area contributed by atoms with Gasteiger partial charge in [-0.3, -0.25) is 29.4 Å². The molecule has 9 N–H and O–H groups in total. The Bertz CT molecular complexity index is 1750. The summed E-state index contributed by atoms with van der Waals surface area (Å²) in [5.74, 6) is 0.154. The summed E-state index contributed by atoms with van der Waals surface area (Å²) >= 11 is 0. The van der Waals surface area contributed by atoms with E-state index in [2.05, 4.69) is 10.6 Å². The number of aromatic hydroxyl groups is 1. The van der Waals surface area contributed by atoms with E-state index in [1.54, 1.807) is 43.4 Å². The average molecular weight is 699 g/mol. The van der Waals surface area contributed by atoms with Crippen molar-refractivity contribution in [2.45, 2.75) is 57.7 Å². The molecular formula is C38H46N6O7. The summed E-state index contributed by atoms with van der Waals surface area (Å²) in [7, 11) is 1.78. The number of imide groups is 1. The molecule has 1 fully saturated rings. The highest BCUT2D eigenvalue weighted by molar-refractivity contribution is 6.00. The number of ether oxygens (including phenoxy) is 2. The second-order valence-corrected chi connectivity index (χ2v) is 12.3. The molecule has 13 heteroatoms. The van der Waals surface area contributed by atoms with Crippen molar-refractivity contribution >= 4 is 29.7 Å². The molecule has 1 atom stereocenters. The molecule has 0 spiro atoms. The summed E-state index contributed by atoms with van der Waals surface area (Å²) in [6.45, 7) is 1.44. The maximum Gasteiger partial charge on any atom is 0.243 e.